The summed E-state index contributed by atoms with van der Waals surface area (Å²) in [5.41, 5.74) is -2.56. The van der Waals surface area contributed by atoms with E-state index >= 15 is 0 Å². The molecule has 1 saturated heterocycles. The number of piperazine rings is 1. The smallest absolute Gasteiger partial charge is 0.336 e. The molecule has 0 spiro atoms. The third-order valence-corrected chi connectivity index (χ3v) is 5.85. The largest absolute Gasteiger partial charge is 0.446 e. The fourth-order valence-electron chi connectivity index (χ4n) is 3.48. The predicted octanol–water partition coefficient (Wildman–Crippen LogP) is 4.26. The van der Waals surface area contributed by atoms with Crippen molar-refractivity contribution < 1.29 is 22.8 Å². The molecular weight excluding hydrogens is 427 g/mol. The number of nitrogens with zero attached hydrogens (tertiary/aromatic N) is 2. The molecule has 1 aliphatic rings. The number of benzene rings is 2. The molecule has 2 aromatic rings. The summed E-state index contributed by atoms with van der Waals surface area (Å²) in [5, 5.41) is 2.93. The lowest BCUT2D eigenvalue weighted by molar-refractivity contribution is -0.117. The minimum Gasteiger partial charge on any atom is -0.336 e. The van der Waals surface area contributed by atoms with Crippen molar-refractivity contribution in [3.8, 4) is 0 Å². The van der Waals surface area contributed by atoms with Crippen molar-refractivity contribution in [2.45, 2.75) is 23.7 Å². The number of carbonyl (C=O) groups excluding carboxylic acids is 2. The Morgan fingerprint density at radius 3 is 2.32 bits per heavy atom. The molecule has 0 radical (unpaired) electrons. The Bertz CT molecular complexity index is 928. The van der Waals surface area contributed by atoms with Gasteiger partial charge in [0.1, 0.15) is 0 Å². The maximum atomic E-state index is 12.8. The van der Waals surface area contributed by atoms with Crippen LogP contribution < -0.4 is 5.32 Å². The SMILES string of the molecule is CCc1ccccc1NC(=O)CN1CCN(C(=O)c2ccccc2SC(F)(F)F)CC1. The highest BCUT2D eigenvalue weighted by molar-refractivity contribution is 8.00. The first kappa shape index (κ1) is 23.1. The third-order valence-electron chi connectivity index (χ3n) is 5.04. The van der Waals surface area contributed by atoms with Crippen LogP contribution in [0.2, 0.25) is 0 Å². The zero-order chi connectivity index (χ0) is 22.4. The van der Waals surface area contributed by atoms with Gasteiger partial charge in [0.15, 0.2) is 0 Å². The average molecular weight is 452 g/mol. The monoisotopic (exact) mass is 451 g/mol. The van der Waals surface area contributed by atoms with Gasteiger partial charge in [0, 0.05) is 36.8 Å². The second-order valence-corrected chi connectivity index (χ2v) is 8.28. The lowest BCUT2D eigenvalue weighted by Gasteiger charge is -2.34. The van der Waals surface area contributed by atoms with Crippen molar-refractivity contribution in [2.75, 3.05) is 38.0 Å². The first-order valence-electron chi connectivity index (χ1n) is 10.0. The standard InChI is InChI=1S/C22H24F3N3O2S/c1-2-16-7-3-5-9-18(16)26-20(29)15-27-11-13-28(14-12-27)21(30)17-8-4-6-10-19(17)31-22(23,24)25/h3-10H,2,11-15H2,1H3,(H,26,29). The first-order valence-corrected chi connectivity index (χ1v) is 10.8. The molecule has 9 heteroatoms. The number of amides is 2. The van der Waals surface area contributed by atoms with Gasteiger partial charge in [0.2, 0.25) is 5.91 Å². The van der Waals surface area contributed by atoms with E-state index in [0.29, 0.717) is 26.2 Å². The highest BCUT2D eigenvalue weighted by Crippen LogP contribution is 2.38. The minimum atomic E-state index is -4.46. The molecule has 0 saturated carbocycles. The molecule has 0 bridgehead atoms. The molecule has 0 aliphatic carbocycles. The summed E-state index contributed by atoms with van der Waals surface area (Å²) in [5.74, 6) is -0.555. The topological polar surface area (TPSA) is 52.7 Å². The Labute approximate surface area is 183 Å². The van der Waals surface area contributed by atoms with E-state index in [-0.39, 0.29) is 34.7 Å². The number of rotatable bonds is 6. The summed E-state index contributed by atoms with van der Waals surface area (Å²) in [6.45, 7) is 3.87. The van der Waals surface area contributed by atoms with E-state index in [0.717, 1.165) is 17.7 Å². The lowest BCUT2D eigenvalue weighted by atomic mass is 10.1. The van der Waals surface area contributed by atoms with Gasteiger partial charge in [0.05, 0.1) is 12.1 Å². The minimum absolute atomic E-state index is 0.0483. The molecule has 2 amide bonds. The van der Waals surface area contributed by atoms with E-state index in [1.165, 1.54) is 23.1 Å². The zero-order valence-corrected chi connectivity index (χ0v) is 17.9. The summed E-state index contributed by atoms with van der Waals surface area (Å²) in [6.07, 6.45) is 0.811. The third kappa shape index (κ3) is 6.48. The second kappa shape index (κ2) is 10.2. The van der Waals surface area contributed by atoms with E-state index in [1.807, 2.05) is 36.1 Å². The van der Waals surface area contributed by atoms with Crippen LogP contribution in [0.5, 0.6) is 0 Å². The number of nitrogens with one attached hydrogen (secondary N) is 1. The van der Waals surface area contributed by atoms with Gasteiger partial charge in [-0.1, -0.05) is 37.3 Å². The van der Waals surface area contributed by atoms with E-state index in [2.05, 4.69) is 5.32 Å². The number of alkyl halides is 3. The van der Waals surface area contributed by atoms with E-state index in [1.54, 1.807) is 6.07 Å². The average Bonchev–Trinajstić information content (AvgIpc) is 2.73. The van der Waals surface area contributed by atoms with E-state index in [9.17, 15) is 22.8 Å². The molecule has 3 rings (SSSR count). The van der Waals surface area contributed by atoms with Crippen LogP contribution in [0.25, 0.3) is 0 Å². The van der Waals surface area contributed by atoms with Crippen molar-refractivity contribution in [2.24, 2.45) is 0 Å². The molecule has 0 unspecified atom stereocenters. The number of hydrogen-bond donors (Lipinski definition) is 1. The molecule has 0 aromatic heterocycles. The number of para-hydroxylation sites is 1. The van der Waals surface area contributed by atoms with Crippen LogP contribution >= 0.6 is 11.8 Å². The number of thioether (sulfide) groups is 1. The molecule has 0 atom stereocenters. The molecule has 31 heavy (non-hydrogen) atoms. The number of anilines is 1. The Balaban J connectivity index is 1.55. The highest BCUT2D eigenvalue weighted by atomic mass is 32.2. The molecular formula is C22H24F3N3O2S. The summed E-state index contributed by atoms with van der Waals surface area (Å²) >= 11 is -0.278. The molecule has 2 aromatic carbocycles. The summed E-state index contributed by atoms with van der Waals surface area (Å²) in [6, 6.07) is 13.4. The summed E-state index contributed by atoms with van der Waals surface area (Å²) in [4.78, 5) is 28.6. The second-order valence-electron chi connectivity index (χ2n) is 7.17. The van der Waals surface area contributed by atoms with Crippen molar-refractivity contribution >= 4 is 29.3 Å². The predicted molar refractivity (Wildman–Crippen MR) is 115 cm³/mol. The number of hydrogen-bond acceptors (Lipinski definition) is 4. The number of carbonyl (C=O) groups is 2. The molecule has 1 heterocycles. The van der Waals surface area contributed by atoms with Crippen LogP contribution in [0.1, 0.15) is 22.8 Å². The molecule has 1 N–H and O–H groups in total. The summed E-state index contributed by atoms with van der Waals surface area (Å²) < 4.78 is 38.4. The maximum absolute atomic E-state index is 12.8. The fourth-order valence-corrected chi connectivity index (χ4v) is 4.14. The van der Waals surface area contributed by atoms with Gasteiger partial charge < -0.3 is 10.2 Å². The quantitative estimate of drug-likeness (QED) is 0.667. The van der Waals surface area contributed by atoms with Crippen LogP contribution in [-0.4, -0.2) is 59.8 Å². The van der Waals surface area contributed by atoms with E-state index in [4.69, 9.17) is 0 Å². The fraction of sp³-hybridized carbons (Fsp3) is 0.364. The van der Waals surface area contributed by atoms with Crippen molar-refractivity contribution in [3.05, 3.63) is 59.7 Å². The highest BCUT2D eigenvalue weighted by Gasteiger charge is 2.32. The van der Waals surface area contributed by atoms with Gasteiger partial charge in [-0.25, -0.2) is 0 Å². The Hall–Kier alpha value is -2.52. The van der Waals surface area contributed by atoms with Gasteiger partial charge in [-0.15, -0.1) is 0 Å². The van der Waals surface area contributed by atoms with Gasteiger partial charge in [-0.3, -0.25) is 14.5 Å². The van der Waals surface area contributed by atoms with Crippen molar-refractivity contribution in [1.29, 1.82) is 0 Å². The molecule has 5 nitrogen and oxygen atoms in total. The normalized spacial score (nSPS) is 15.0. The van der Waals surface area contributed by atoms with Crippen LogP contribution in [0.4, 0.5) is 18.9 Å². The Morgan fingerprint density at radius 1 is 1.00 bits per heavy atom. The van der Waals surface area contributed by atoms with Crippen LogP contribution in [-0.2, 0) is 11.2 Å². The molecule has 1 fully saturated rings. The Morgan fingerprint density at radius 2 is 1.65 bits per heavy atom. The van der Waals surface area contributed by atoms with Gasteiger partial charge in [-0.2, -0.15) is 13.2 Å². The summed E-state index contributed by atoms with van der Waals surface area (Å²) in [7, 11) is 0. The number of halogens is 3. The molecule has 166 valence electrons. The molecule has 1 aliphatic heterocycles. The van der Waals surface area contributed by atoms with Crippen LogP contribution in [0.15, 0.2) is 53.4 Å². The Kier molecular flexibility index (Phi) is 7.61. The van der Waals surface area contributed by atoms with Gasteiger partial charge >= 0.3 is 5.51 Å². The number of aryl methyl sites for hydroxylation is 1. The van der Waals surface area contributed by atoms with Crippen molar-refractivity contribution in [1.82, 2.24) is 9.80 Å². The van der Waals surface area contributed by atoms with Crippen LogP contribution in [0, 0.1) is 0 Å². The van der Waals surface area contributed by atoms with Crippen LogP contribution in [0.3, 0.4) is 0 Å². The van der Waals surface area contributed by atoms with E-state index < -0.39 is 11.4 Å². The van der Waals surface area contributed by atoms with Crippen molar-refractivity contribution in [3.63, 3.8) is 0 Å². The van der Waals surface area contributed by atoms with Gasteiger partial charge in [0.25, 0.3) is 5.91 Å². The first-order chi connectivity index (χ1) is 14.8. The maximum Gasteiger partial charge on any atom is 0.446 e. The van der Waals surface area contributed by atoms with Gasteiger partial charge in [-0.05, 0) is 41.9 Å². The lowest BCUT2D eigenvalue weighted by Crippen LogP contribution is -2.50. The zero-order valence-electron chi connectivity index (χ0n) is 17.1.